The summed E-state index contributed by atoms with van der Waals surface area (Å²) in [5, 5.41) is 9.92. The minimum Gasteiger partial charge on any atom is -0.485 e. The summed E-state index contributed by atoms with van der Waals surface area (Å²) in [4.78, 5) is 4.20. The first-order valence-electron chi connectivity index (χ1n) is 6.08. The highest BCUT2D eigenvalue weighted by atomic mass is 16.5. The van der Waals surface area contributed by atoms with Gasteiger partial charge in [0.1, 0.15) is 18.2 Å². The van der Waals surface area contributed by atoms with E-state index in [1.807, 2.05) is 49.0 Å². The predicted molar refractivity (Wildman–Crippen MR) is 69.2 cm³/mol. The smallest absolute Gasteiger partial charge is 0.146 e. The molecule has 2 aromatic rings. The Morgan fingerprint density at radius 2 is 2.17 bits per heavy atom. The van der Waals surface area contributed by atoms with Crippen molar-refractivity contribution in [2.24, 2.45) is 7.05 Å². The Kier molecular flexibility index (Phi) is 3.99. The van der Waals surface area contributed by atoms with Crippen molar-refractivity contribution >= 4 is 0 Å². The lowest BCUT2D eigenvalue weighted by molar-refractivity contribution is 0.166. The van der Waals surface area contributed by atoms with Gasteiger partial charge in [0.05, 0.1) is 6.10 Å². The van der Waals surface area contributed by atoms with Crippen LogP contribution in [-0.2, 0) is 13.7 Å². The van der Waals surface area contributed by atoms with Crippen molar-refractivity contribution < 1.29 is 9.84 Å². The molecule has 1 unspecified atom stereocenters. The fourth-order valence-corrected chi connectivity index (χ4v) is 1.79. The number of hydrogen-bond acceptors (Lipinski definition) is 3. The van der Waals surface area contributed by atoms with Gasteiger partial charge in [-0.1, -0.05) is 25.1 Å². The summed E-state index contributed by atoms with van der Waals surface area (Å²) in [5.41, 5.74) is 0.828. The Morgan fingerprint density at radius 1 is 1.39 bits per heavy atom. The van der Waals surface area contributed by atoms with Crippen molar-refractivity contribution in [1.29, 1.82) is 0 Å². The van der Waals surface area contributed by atoms with Gasteiger partial charge in [0.15, 0.2) is 0 Å². The van der Waals surface area contributed by atoms with Crippen molar-refractivity contribution in [3.05, 3.63) is 48.0 Å². The summed E-state index contributed by atoms with van der Waals surface area (Å²) in [7, 11) is 1.93. The fraction of sp³-hybridized carbons (Fsp3) is 0.357. The predicted octanol–water partition coefficient (Wildman–Crippen LogP) is 2.44. The molecule has 1 N–H and O–H groups in total. The second-order valence-electron chi connectivity index (χ2n) is 4.20. The zero-order chi connectivity index (χ0) is 13.0. The molecule has 0 saturated carbocycles. The van der Waals surface area contributed by atoms with E-state index in [9.17, 15) is 5.11 Å². The van der Waals surface area contributed by atoms with Crippen LogP contribution >= 0.6 is 0 Å². The molecule has 0 spiro atoms. The lowest BCUT2D eigenvalue weighted by Gasteiger charge is -2.14. The van der Waals surface area contributed by atoms with Crippen molar-refractivity contribution in [2.75, 3.05) is 0 Å². The molecule has 0 fully saturated rings. The van der Waals surface area contributed by atoms with Gasteiger partial charge in [0.2, 0.25) is 0 Å². The summed E-state index contributed by atoms with van der Waals surface area (Å²) in [5.74, 6) is 1.57. The van der Waals surface area contributed by atoms with Gasteiger partial charge in [-0.15, -0.1) is 0 Å². The molecule has 1 aromatic carbocycles. The van der Waals surface area contributed by atoms with Crippen molar-refractivity contribution in [1.82, 2.24) is 9.55 Å². The summed E-state index contributed by atoms with van der Waals surface area (Å²) in [6.45, 7) is 2.34. The monoisotopic (exact) mass is 246 g/mol. The molecule has 0 aliphatic carbocycles. The standard InChI is InChI=1S/C14H18N2O2/c1-3-12(17)11-6-4-5-7-13(11)18-10-14-15-8-9-16(14)2/h4-9,12,17H,3,10H2,1-2H3. The molecule has 18 heavy (non-hydrogen) atoms. The molecule has 0 amide bonds. The maximum absolute atomic E-state index is 9.92. The van der Waals surface area contributed by atoms with Gasteiger partial charge in [0, 0.05) is 25.0 Å². The third-order valence-corrected chi connectivity index (χ3v) is 2.94. The molecule has 1 atom stereocenters. The Hall–Kier alpha value is -1.81. The van der Waals surface area contributed by atoms with Gasteiger partial charge >= 0.3 is 0 Å². The van der Waals surface area contributed by atoms with E-state index in [-0.39, 0.29) is 0 Å². The molecule has 1 aromatic heterocycles. The van der Waals surface area contributed by atoms with Crippen LogP contribution in [0.4, 0.5) is 0 Å². The number of nitrogens with zero attached hydrogens (tertiary/aromatic N) is 2. The quantitative estimate of drug-likeness (QED) is 0.881. The highest BCUT2D eigenvalue weighted by Crippen LogP contribution is 2.27. The van der Waals surface area contributed by atoms with Crippen LogP contribution < -0.4 is 4.74 Å². The first-order valence-corrected chi connectivity index (χ1v) is 6.08. The summed E-state index contributed by atoms with van der Waals surface area (Å²) >= 11 is 0. The van der Waals surface area contributed by atoms with E-state index in [4.69, 9.17) is 4.74 Å². The number of para-hydroxylation sites is 1. The number of ether oxygens (including phenoxy) is 1. The highest BCUT2D eigenvalue weighted by molar-refractivity contribution is 5.35. The van der Waals surface area contributed by atoms with Crippen LogP contribution in [0, 0.1) is 0 Å². The maximum atomic E-state index is 9.92. The lowest BCUT2D eigenvalue weighted by atomic mass is 10.1. The molecule has 4 nitrogen and oxygen atoms in total. The Labute approximate surface area is 107 Å². The average molecular weight is 246 g/mol. The molecule has 0 aliphatic rings. The number of rotatable bonds is 5. The van der Waals surface area contributed by atoms with Gasteiger partial charge in [0.25, 0.3) is 0 Å². The normalized spacial score (nSPS) is 12.4. The number of benzene rings is 1. The van der Waals surface area contributed by atoms with Gasteiger partial charge < -0.3 is 14.4 Å². The van der Waals surface area contributed by atoms with Crippen LogP contribution in [0.1, 0.15) is 30.8 Å². The van der Waals surface area contributed by atoms with Crippen molar-refractivity contribution in [2.45, 2.75) is 26.1 Å². The number of imidazole rings is 1. The number of hydrogen-bond donors (Lipinski definition) is 1. The zero-order valence-electron chi connectivity index (χ0n) is 10.7. The minimum atomic E-state index is -0.484. The SMILES string of the molecule is CCC(O)c1ccccc1OCc1nccn1C. The van der Waals surface area contributed by atoms with E-state index < -0.39 is 6.10 Å². The van der Waals surface area contributed by atoms with Gasteiger partial charge in [-0.3, -0.25) is 0 Å². The Balaban J connectivity index is 2.12. The van der Waals surface area contributed by atoms with Gasteiger partial charge in [-0.25, -0.2) is 4.98 Å². The van der Waals surface area contributed by atoms with Crippen molar-refractivity contribution in [3.63, 3.8) is 0 Å². The number of aliphatic hydroxyl groups excluding tert-OH is 1. The van der Waals surface area contributed by atoms with E-state index in [1.54, 1.807) is 6.20 Å². The first-order chi connectivity index (χ1) is 8.72. The van der Waals surface area contributed by atoms with E-state index in [0.717, 1.165) is 17.1 Å². The summed E-state index contributed by atoms with van der Waals surface area (Å²) < 4.78 is 7.66. The molecule has 96 valence electrons. The molecule has 1 heterocycles. The average Bonchev–Trinajstić information content (AvgIpc) is 2.81. The molecule has 2 rings (SSSR count). The molecule has 0 aliphatic heterocycles. The molecule has 0 bridgehead atoms. The topological polar surface area (TPSA) is 47.3 Å². The number of aryl methyl sites for hydroxylation is 1. The molecular formula is C14H18N2O2. The Morgan fingerprint density at radius 3 is 2.83 bits per heavy atom. The van der Waals surface area contributed by atoms with Gasteiger partial charge in [-0.05, 0) is 12.5 Å². The maximum Gasteiger partial charge on any atom is 0.146 e. The molecule has 0 radical (unpaired) electrons. The van der Waals surface area contributed by atoms with Crippen LogP contribution in [0.5, 0.6) is 5.75 Å². The van der Waals surface area contributed by atoms with E-state index in [1.165, 1.54) is 0 Å². The second-order valence-corrected chi connectivity index (χ2v) is 4.20. The van der Waals surface area contributed by atoms with E-state index >= 15 is 0 Å². The minimum absolute atomic E-state index is 0.400. The molecule has 0 saturated heterocycles. The van der Waals surface area contributed by atoms with Crippen LogP contribution in [0.2, 0.25) is 0 Å². The van der Waals surface area contributed by atoms with Gasteiger partial charge in [-0.2, -0.15) is 0 Å². The lowest BCUT2D eigenvalue weighted by Crippen LogP contribution is -2.06. The fourth-order valence-electron chi connectivity index (χ4n) is 1.79. The summed E-state index contributed by atoms with van der Waals surface area (Å²) in [6.07, 6.45) is 3.81. The third kappa shape index (κ3) is 2.71. The number of aliphatic hydroxyl groups is 1. The molecular weight excluding hydrogens is 228 g/mol. The van der Waals surface area contributed by atoms with Crippen LogP contribution in [0.25, 0.3) is 0 Å². The Bertz CT molecular complexity index is 508. The van der Waals surface area contributed by atoms with Crippen LogP contribution in [0.3, 0.4) is 0 Å². The number of aromatic nitrogens is 2. The van der Waals surface area contributed by atoms with Crippen LogP contribution in [0.15, 0.2) is 36.7 Å². The molecule has 4 heteroatoms. The second kappa shape index (κ2) is 5.69. The van der Waals surface area contributed by atoms with E-state index in [0.29, 0.717) is 13.0 Å². The van der Waals surface area contributed by atoms with Crippen molar-refractivity contribution in [3.8, 4) is 5.75 Å². The van der Waals surface area contributed by atoms with E-state index in [2.05, 4.69) is 4.98 Å². The highest BCUT2D eigenvalue weighted by Gasteiger charge is 2.11. The third-order valence-electron chi connectivity index (χ3n) is 2.94. The zero-order valence-corrected chi connectivity index (χ0v) is 10.7. The summed E-state index contributed by atoms with van der Waals surface area (Å²) in [6, 6.07) is 7.57. The van der Waals surface area contributed by atoms with Crippen LogP contribution in [-0.4, -0.2) is 14.7 Å². The largest absolute Gasteiger partial charge is 0.485 e. The first kappa shape index (κ1) is 12.6.